The Morgan fingerprint density at radius 2 is 1.93 bits per heavy atom. The van der Waals surface area contributed by atoms with Crippen molar-refractivity contribution in [1.29, 1.82) is 0 Å². The number of nitrogens with zero attached hydrogens (tertiary/aromatic N) is 3. The summed E-state index contributed by atoms with van der Waals surface area (Å²) in [5.74, 6) is -3.54. The molecule has 5 rings (SSSR count). The van der Waals surface area contributed by atoms with Gasteiger partial charge in [-0.1, -0.05) is 50.8 Å². The molecule has 0 aliphatic carbocycles. The number of hydrogen-bond acceptors (Lipinski definition) is 7. The van der Waals surface area contributed by atoms with Gasteiger partial charge in [0.15, 0.2) is 11.3 Å². The van der Waals surface area contributed by atoms with E-state index in [2.05, 4.69) is 24.3 Å². The fourth-order valence-electron chi connectivity index (χ4n) is 6.64. The lowest BCUT2D eigenvalue weighted by Crippen LogP contribution is -2.52. The molecule has 1 spiro atoms. The van der Waals surface area contributed by atoms with Crippen LogP contribution in [-0.2, 0) is 16.2 Å². The number of halogens is 2. The first kappa shape index (κ1) is 33.3. The van der Waals surface area contributed by atoms with Crippen LogP contribution in [0.5, 0.6) is 5.75 Å². The smallest absolute Gasteiger partial charge is 0.311 e. The van der Waals surface area contributed by atoms with Crippen molar-refractivity contribution in [2.75, 3.05) is 6.54 Å². The molecule has 3 atom stereocenters. The number of rotatable bonds is 11. The van der Waals surface area contributed by atoms with Crippen molar-refractivity contribution < 1.29 is 32.7 Å². The summed E-state index contributed by atoms with van der Waals surface area (Å²) in [6, 6.07) is 2.23. The van der Waals surface area contributed by atoms with E-state index in [1.54, 1.807) is 4.90 Å². The standard InChI is InChI=1S/C34H42F2N4O6/c1-20(2)9-7-5-6-8-10-28(41)45-31-29-33(44)39-19-27(34(14-13-22(39)4)16-21(3)38-46-34)40(29)18-25(30(31)42)32(43)37-17-23-11-12-24(35)15-26(23)36/h11-12,15,18,20,22,27H,5-10,13-14,16-17,19H2,1-4H3,(H,37,43)/t22-,27+,34-/m0/s1. The number of carbonyl (C=O) groups is 3. The van der Waals surface area contributed by atoms with Gasteiger partial charge in [0.05, 0.1) is 11.8 Å². The maximum absolute atomic E-state index is 14.3. The molecule has 46 heavy (non-hydrogen) atoms. The molecule has 1 N–H and O–H groups in total. The van der Waals surface area contributed by atoms with Crippen LogP contribution in [0.4, 0.5) is 8.78 Å². The van der Waals surface area contributed by atoms with Gasteiger partial charge in [-0.05, 0) is 45.1 Å². The minimum absolute atomic E-state index is 0.0161. The number of ether oxygens (including phenoxy) is 1. The van der Waals surface area contributed by atoms with Gasteiger partial charge in [-0.15, -0.1) is 0 Å². The minimum atomic E-state index is -0.928. The number of benzene rings is 1. The average Bonchev–Trinajstić information content (AvgIpc) is 3.33. The van der Waals surface area contributed by atoms with Crippen LogP contribution in [0.1, 0.15) is 118 Å². The van der Waals surface area contributed by atoms with Gasteiger partial charge in [0.2, 0.25) is 11.2 Å². The van der Waals surface area contributed by atoms with Crippen LogP contribution in [0, 0.1) is 17.6 Å². The molecule has 1 aromatic heterocycles. The molecule has 0 saturated carbocycles. The van der Waals surface area contributed by atoms with Crippen molar-refractivity contribution >= 4 is 23.5 Å². The molecule has 4 heterocycles. The molecule has 1 saturated heterocycles. The lowest BCUT2D eigenvalue weighted by atomic mass is 9.84. The maximum atomic E-state index is 14.3. The highest BCUT2D eigenvalue weighted by molar-refractivity contribution is 6.00. The van der Waals surface area contributed by atoms with E-state index in [4.69, 9.17) is 9.57 Å². The Morgan fingerprint density at radius 1 is 1.17 bits per heavy atom. The monoisotopic (exact) mass is 640 g/mol. The van der Waals surface area contributed by atoms with E-state index in [0.717, 1.165) is 37.5 Å². The van der Waals surface area contributed by atoms with Crippen molar-refractivity contribution in [3.63, 3.8) is 0 Å². The first-order valence-electron chi connectivity index (χ1n) is 16.1. The van der Waals surface area contributed by atoms with E-state index in [9.17, 15) is 28.0 Å². The second-order valence-corrected chi connectivity index (χ2v) is 13.2. The van der Waals surface area contributed by atoms with E-state index in [0.29, 0.717) is 37.7 Å². The topological polar surface area (TPSA) is 119 Å². The van der Waals surface area contributed by atoms with Crippen molar-refractivity contribution in [3.8, 4) is 5.75 Å². The predicted octanol–water partition coefficient (Wildman–Crippen LogP) is 5.67. The van der Waals surface area contributed by atoms with Crippen molar-refractivity contribution in [1.82, 2.24) is 14.8 Å². The molecule has 0 unspecified atom stereocenters. The number of aromatic nitrogens is 1. The van der Waals surface area contributed by atoms with E-state index < -0.39 is 52.2 Å². The summed E-state index contributed by atoms with van der Waals surface area (Å²) in [5.41, 5.74) is -1.48. The largest absolute Gasteiger partial charge is 0.420 e. The second kappa shape index (κ2) is 13.7. The summed E-state index contributed by atoms with van der Waals surface area (Å²) in [4.78, 5) is 62.2. The van der Waals surface area contributed by atoms with Crippen molar-refractivity contribution in [2.24, 2.45) is 11.1 Å². The zero-order chi connectivity index (χ0) is 33.2. The predicted molar refractivity (Wildman–Crippen MR) is 167 cm³/mol. The molecule has 3 aliphatic heterocycles. The summed E-state index contributed by atoms with van der Waals surface area (Å²) in [6.07, 6.45) is 7.48. The Kier molecular flexibility index (Phi) is 9.93. The number of hydrogen-bond donors (Lipinski definition) is 1. The molecule has 2 amide bonds. The number of pyridine rings is 1. The normalized spacial score (nSPS) is 21.9. The Labute approximate surface area is 267 Å². The molecule has 1 aromatic carbocycles. The molecule has 2 aromatic rings. The minimum Gasteiger partial charge on any atom is -0.420 e. The lowest BCUT2D eigenvalue weighted by Gasteiger charge is -2.42. The lowest BCUT2D eigenvalue weighted by molar-refractivity contribution is -0.134. The van der Waals surface area contributed by atoms with Gasteiger partial charge in [-0.3, -0.25) is 19.2 Å². The summed E-state index contributed by atoms with van der Waals surface area (Å²) >= 11 is 0. The molecular formula is C34H42F2N4O6. The van der Waals surface area contributed by atoms with Gasteiger partial charge in [0, 0.05) is 49.8 Å². The third-order valence-electron chi connectivity index (χ3n) is 9.25. The molecule has 2 bridgehead atoms. The number of fused-ring (bicyclic) bond motifs is 5. The number of amides is 2. The highest BCUT2D eigenvalue weighted by atomic mass is 19.1. The molecule has 1 fully saturated rings. The first-order valence-corrected chi connectivity index (χ1v) is 16.1. The maximum Gasteiger partial charge on any atom is 0.311 e. The molecule has 248 valence electrons. The van der Waals surface area contributed by atoms with Gasteiger partial charge in [0.25, 0.3) is 11.8 Å². The second-order valence-electron chi connectivity index (χ2n) is 13.2. The van der Waals surface area contributed by atoms with E-state index >= 15 is 0 Å². The van der Waals surface area contributed by atoms with Gasteiger partial charge in [-0.2, -0.15) is 0 Å². The third-order valence-corrected chi connectivity index (χ3v) is 9.25. The van der Waals surface area contributed by atoms with Crippen LogP contribution in [0.3, 0.4) is 0 Å². The highest BCUT2D eigenvalue weighted by Crippen LogP contribution is 2.46. The Bertz CT molecular complexity index is 1600. The van der Waals surface area contributed by atoms with Crippen LogP contribution >= 0.6 is 0 Å². The highest BCUT2D eigenvalue weighted by Gasteiger charge is 2.54. The molecule has 12 heteroatoms. The van der Waals surface area contributed by atoms with Gasteiger partial charge in [0.1, 0.15) is 17.2 Å². The van der Waals surface area contributed by atoms with Crippen LogP contribution in [0.25, 0.3) is 0 Å². The SMILES string of the molecule is CC1=NO[C@@]2(CC[C@H](C)N3C[C@H]2n2cc(C(=O)NCc4ccc(F)cc4F)c(=O)c(OC(=O)CCCCCCC(C)C)c2C3=O)C1. The van der Waals surface area contributed by atoms with E-state index in [-0.39, 0.29) is 42.4 Å². The molecule has 0 radical (unpaired) electrons. The fraction of sp³-hybridized carbons (Fsp3) is 0.559. The molecule has 3 aliphatic rings. The van der Waals surface area contributed by atoms with Gasteiger partial charge >= 0.3 is 5.97 Å². The van der Waals surface area contributed by atoms with Crippen LogP contribution in [0.15, 0.2) is 34.3 Å². The third kappa shape index (κ3) is 6.85. The van der Waals surface area contributed by atoms with Crippen LogP contribution < -0.4 is 15.5 Å². The Hall–Kier alpha value is -4.09. The van der Waals surface area contributed by atoms with Crippen LogP contribution in [-0.4, -0.2) is 51.2 Å². The quantitative estimate of drug-likeness (QED) is 0.250. The summed E-state index contributed by atoms with van der Waals surface area (Å²) in [7, 11) is 0. The Morgan fingerprint density at radius 3 is 2.63 bits per heavy atom. The van der Waals surface area contributed by atoms with Crippen LogP contribution in [0.2, 0.25) is 0 Å². The average molecular weight is 641 g/mol. The van der Waals surface area contributed by atoms with Gasteiger partial charge in [-0.25, -0.2) is 8.78 Å². The number of nitrogens with one attached hydrogen (secondary N) is 1. The van der Waals surface area contributed by atoms with E-state index in [1.807, 2.05) is 13.8 Å². The van der Waals surface area contributed by atoms with E-state index in [1.165, 1.54) is 16.8 Å². The fourth-order valence-corrected chi connectivity index (χ4v) is 6.64. The number of carbonyl (C=O) groups excluding carboxylic acids is 3. The zero-order valence-electron chi connectivity index (χ0n) is 26.9. The van der Waals surface area contributed by atoms with Crippen molar-refractivity contribution in [2.45, 2.75) is 110 Å². The number of unbranched alkanes of at least 4 members (excludes halogenated alkanes) is 3. The summed E-state index contributed by atoms with van der Waals surface area (Å²) in [6.45, 7) is 8.01. The molecular weight excluding hydrogens is 598 g/mol. The zero-order valence-corrected chi connectivity index (χ0v) is 26.9. The summed E-state index contributed by atoms with van der Waals surface area (Å²) in [5, 5.41) is 6.73. The Balaban J connectivity index is 1.50. The van der Waals surface area contributed by atoms with Gasteiger partial charge < -0.3 is 24.4 Å². The first-order chi connectivity index (χ1) is 21.9. The van der Waals surface area contributed by atoms with Crippen molar-refractivity contribution in [3.05, 3.63) is 63.1 Å². The molecule has 10 nitrogen and oxygen atoms in total. The number of oxime groups is 1. The summed E-state index contributed by atoms with van der Waals surface area (Å²) < 4.78 is 34.9. The number of esters is 1.